The molecule has 1 heterocycles. The molecule has 23 heavy (non-hydrogen) atoms. The van der Waals surface area contributed by atoms with E-state index in [4.69, 9.17) is 4.74 Å². The van der Waals surface area contributed by atoms with Gasteiger partial charge in [-0.1, -0.05) is 64.7 Å². The van der Waals surface area contributed by atoms with Crippen molar-refractivity contribution in [1.82, 2.24) is 10.2 Å². The number of nitrogens with one attached hydrogen (secondary N) is 1. The van der Waals surface area contributed by atoms with E-state index in [1.807, 2.05) is 0 Å². The zero-order valence-electron chi connectivity index (χ0n) is 14.7. The van der Waals surface area contributed by atoms with Gasteiger partial charge in [0, 0.05) is 19.7 Å². The molecule has 1 fully saturated rings. The van der Waals surface area contributed by atoms with E-state index in [2.05, 4.69) is 12.2 Å². The summed E-state index contributed by atoms with van der Waals surface area (Å²) in [6.07, 6.45) is 13.8. The molecular formula is C18H32N2O3. The molecule has 1 aliphatic heterocycles. The maximum absolute atomic E-state index is 11.7. The molecule has 2 amide bonds. The number of hydrogen-bond acceptors (Lipinski definition) is 3. The van der Waals surface area contributed by atoms with Crippen LogP contribution in [0.3, 0.4) is 0 Å². The number of nitrogens with zero attached hydrogens (tertiary/aromatic N) is 1. The van der Waals surface area contributed by atoms with E-state index in [1.54, 1.807) is 7.05 Å². The molecule has 0 saturated carbocycles. The summed E-state index contributed by atoms with van der Waals surface area (Å²) in [5.41, 5.74) is 0. The van der Waals surface area contributed by atoms with Crippen LogP contribution in [0, 0.1) is 0 Å². The Kier molecular flexibility index (Phi) is 10.2. The molecule has 1 aliphatic rings. The van der Waals surface area contributed by atoms with Crippen LogP contribution in [0.5, 0.6) is 0 Å². The molecule has 5 heteroatoms. The van der Waals surface area contributed by atoms with Gasteiger partial charge in [-0.15, -0.1) is 0 Å². The van der Waals surface area contributed by atoms with Crippen molar-refractivity contribution in [1.29, 1.82) is 0 Å². The van der Waals surface area contributed by atoms with E-state index in [-0.39, 0.29) is 5.91 Å². The highest BCUT2D eigenvalue weighted by Gasteiger charge is 2.23. The summed E-state index contributed by atoms with van der Waals surface area (Å²) in [7, 11) is 1.64. The Hall–Kier alpha value is -1.52. The lowest BCUT2D eigenvalue weighted by atomic mass is 10.1. The van der Waals surface area contributed by atoms with Gasteiger partial charge in [0.15, 0.2) is 0 Å². The summed E-state index contributed by atoms with van der Waals surface area (Å²) in [6, 6.07) is 0. The first kappa shape index (κ1) is 19.5. The van der Waals surface area contributed by atoms with Crippen LogP contribution in [0.25, 0.3) is 0 Å². The quantitative estimate of drug-likeness (QED) is 0.436. The summed E-state index contributed by atoms with van der Waals surface area (Å²) in [5.74, 6) is 0.233. The molecular weight excluding hydrogens is 292 g/mol. The second-order valence-corrected chi connectivity index (χ2v) is 6.31. The molecule has 0 aromatic rings. The number of ether oxygens (including phenoxy) is 1. The van der Waals surface area contributed by atoms with Crippen LogP contribution in [0.4, 0.5) is 4.79 Å². The predicted molar refractivity (Wildman–Crippen MR) is 92.0 cm³/mol. The van der Waals surface area contributed by atoms with Crippen molar-refractivity contribution in [3.8, 4) is 0 Å². The van der Waals surface area contributed by atoms with E-state index in [0.717, 1.165) is 12.8 Å². The van der Waals surface area contributed by atoms with Crippen LogP contribution in [-0.2, 0) is 9.53 Å². The maximum atomic E-state index is 11.7. The van der Waals surface area contributed by atoms with E-state index < -0.39 is 6.09 Å². The van der Waals surface area contributed by atoms with Crippen molar-refractivity contribution in [3.05, 3.63) is 11.8 Å². The summed E-state index contributed by atoms with van der Waals surface area (Å²) < 4.78 is 4.94. The molecule has 0 radical (unpaired) electrons. The SMILES string of the molecule is CCCCCCCCCCCCNC(=O)/C=C1/CN(C)C(=O)O1. The molecule has 0 aliphatic carbocycles. The van der Waals surface area contributed by atoms with Crippen LogP contribution in [0.1, 0.15) is 71.1 Å². The Morgan fingerprint density at radius 1 is 1.09 bits per heavy atom. The molecule has 1 rings (SSSR count). The topological polar surface area (TPSA) is 58.6 Å². The lowest BCUT2D eigenvalue weighted by Gasteiger charge is -2.04. The number of rotatable bonds is 12. The number of amides is 2. The van der Waals surface area contributed by atoms with Crippen molar-refractivity contribution in [2.75, 3.05) is 20.1 Å². The highest BCUT2D eigenvalue weighted by molar-refractivity contribution is 5.89. The first-order valence-corrected chi connectivity index (χ1v) is 9.05. The number of unbranched alkanes of at least 4 members (excludes halogenated alkanes) is 9. The fraction of sp³-hybridized carbons (Fsp3) is 0.778. The van der Waals surface area contributed by atoms with Crippen molar-refractivity contribution >= 4 is 12.0 Å². The number of carbonyl (C=O) groups is 2. The van der Waals surface area contributed by atoms with Gasteiger partial charge in [-0.3, -0.25) is 4.79 Å². The molecule has 1 N–H and O–H groups in total. The molecule has 132 valence electrons. The third-order valence-electron chi connectivity index (χ3n) is 4.04. The first-order chi connectivity index (χ1) is 11.1. The molecule has 0 spiro atoms. The van der Waals surface area contributed by atoms with Gasteiger partial charge in [0.1, 0.15) is 5.76 Å². The fourth-order valence-corrected chi connectivity index (χ4v) is 2.62. The largest absolute Gasteiger partial charge is 0.415 e. The van der Waals surface area contributed by atoms with E-state index >= 15 is 0 Å². The van der Waals surface area contributed by atoms with Gasteiger partial charge in [0.05, 0.1) is 6.54 Å². The van der Waals surface area contributed by atoms with Crippen LogP contribution >= 0.6 is 0 Å². The third kappa shape index (κ3) is 9.26. The van der Waals surface area contributed by atoms with Gasteiger partial charge in [0.25, 0.3) is 0 Å². The van der Waals surface area contributed by atoms with Gasteiger partial charge in [-0.05, 0) is 6.42 Å². The van der Waals surface area contributed by atoms with Crippen molar-refractivity contribution in [2.24, 2.45) is 0 Å². The van der Waals surface area contributed by atoms with Crippen LogP contribution in [0.15, 0.2) is 11.8 Å². The Bertz CT molecular complexity index is 394. The number of likely N-dealkylation sites (N-methyl/N-ethyl adjacent to an activating group) is 1. The number of carbonyl (C=O) groups excluding carboxylic acids is 2. The highest BCUT2D eigenvalue weighted by atomic mass is 16.6. The minimum absolute atomic E-state index is 0.181. The fourth-order valence-electron chi connectivity index (χ4n) is 2.62. The average Bonchev–Trinajstić information content (AvgIpc) is 2.82. The van der Waals surface area contributed by atoms with Gasteiger partial charge < -0.3 is 15.0 Å². The summed E-state index contributed by atoms with van der Waals surface area (Å²) >= 11 is 0. The Labute approximate surface area is 140 Å². The number of hydrogen-bond donors (Lipinski definition) is 1. The van der Waals surface area contributed by atoms with Gasteiger partial charge >= 0.3 is 6.09 Å². The van der Waals surface area contributed by atoms with E-state index in [9.17, 15) is 9.59 Å². The molecule has 0 unspecified atom stereocenters. The van der Waals surface area contributed by atoms with Crippen LogP contribution in [0.2, 0.25) is 0 Å². The van der Waals surface area contributed by atoms with E-state index in [1.165, 1.54) is 62.3 Å². The Morgan fingerprint density at radius 3 is 2.17 bits per heavy atom. The number of cyclic esters (lactones) is 1. The third-order valence-corrected chi connectivity index (χ3v) is 4.04. The standard InChI is InChI=1S/C18H32N2O3/c1-3-4-5-6-7-8-9-10-11-12-13-19-17(21)14-16-15-20(2)18(22)23-16/h14H,3-13,15H2,1-2H3,(H,19,21)/b16-14-. The second-order valence-electron chi connectivity index (χ2n) is 6.31. The van der Waals surface area contributed by atoms with Gasteiger partial charge in [-0.2, -0.15) is 0 Å². The molecule has 0 aromatic carbocycles. The van der Waals surface area contributed by atoms with Gasteiger partial charge in [0.2, 0.25) is 5.91 Å². The normalized spacial score (nSPS) is 16.0. The zero-order chi connectivity index (χ0) is 16.9. The molecule has 0 bridgehead atoms. The molecule has 5 nitrogen and oxygen atoms in total. The zero-order valence-corrected chi connectivity index (χ0v) is 14.7. The summed E-state index contributed by atoms with van der Waals surface area (Å²) in [4.78, 5) is 24.3. The minimum atomic E-state index is -0.404. The van der Waals surface area contributed by atoms with Crippen LogP contribution < -0.4 is 5.32 Å². The van der Waals surface area contributed by atoms with Crippen molar-refractivity contribution in [2.45, 2.75) is 71.1 Å². The molecule has 1 saturated heterocycles. The lowest BCUT2D eigenvalue weighted by Crippen LogP contribution is -2.23. The average molecular weight is 324 g/mol. The predicted octanol–water partition coefficient (Wildman–Crippen LogP) is 3.99. The van der Waals surface area contributed by atoms with Crippen LogP contribution in [-0.4, -0.2) is 37.0 Å². The van der Waals surface area contributed by atoms with E-state index in [0.29, 0.717) is 18.8 Å². The van der Waals surface area contributed by atoms with Crippen molar-refractivity contribution < 1.29 is 14.3 Å². The molecule has 0 aromatic heterocycles. The maximum Gasteiger partial charge on any atom is 0.415 e. The Balaban J connectivity index is 1.92. The lowest BCUT2D eigenvalue weighted by molar-refractivity contribution is -0.116. The monoisotopic (exact) mass is 324 g/mol. The van der Waals surface area contributed by atoms with Gasteiger partial charge in [-0.25, -0.2) is 4.79 Å². The van der Waals surface area contributed by atoms with Crippen molar-refractivity contribution in [3.63, 3.8) is 0 Å². The molecule has 0 atom stereocenters. The smallest absolute Gasteiger partial charge is 0.413 e. The second kappa shape index (κ2) is 12.0. The minimum Gasteiger partial charge on any atom is -0.413 e. The highest BCUT2D eigenvalue weighted by Crippen LogP contribution is 2.12. The summed E-state index contributed by atoms with van der Waals surface area (Å²) in [5, 5.41) is 2.84. The first-order valence-electron chi connectivity index (χ1n) is 9.05. The summed E-state index contributed by atoms with van der Waals surface area (Å²) in [6.45, 7) is 3.29. The Morgan fingerprint density at radius 2 is 1.65 bits per heavy atom.